The second kappa shape index (κ2) is 14.1. The number of nitrogens with zero attached hydrogens (tertiary/aromatic N) is 2. The first-order valence-electron chi connectivity index (χ1n) is 26.2. The van der Waals surface area contributed by atoms with E-state index in [-0.39, 0.29) is 12.3 Å². The van der Waals surface area contributed by atoms with Crippen LogP contribution in [-0.2, 0) is 10.8 Å². The maximum atomic E-state index is 2.85. The average molecular weight is 869 g/mol. The van der Waals surface area contributed by atoms with Crippen molar-refractivity contribution in [1.82, 2.24) is 4.48 Å². The lowest BCUT2D eigenvalue weighted by Gasteiger charge is -2.57. The van der Waals surface area contributed by atoms with Crippen LogP contribution < -0.4 is 15.8 Å². The number of rotatable bonds is 5. The molecular weight excluding hydrogens is 808 g/mol. The van der Waals surface area contributed by atoms with Crippen molar-refractivity contribution < 1.29 is 0 Å². The van der Waals surface area contributed by atoms with Crippen LogP contribution in [0.2, 0.25) is 0 Å². The number of hydrogen-bond acceptors (Lipinski definition) is 1. The van der Waals surface area contributed by atoms with E-state index < -0.39 is 0 Å². The molecule has 0 N–H and O–H groups in total. The van der Waals surface area contributed by atoms with E-state index in [0.29, 0.717) is 5.41 Å². The molecule has 8 aromatic rings. The van der Waals surface area contributed by atoms with Crippen molar-refractivity contribution in [2.75, 3.05) is 4.90 Å². The van der Waals surface area contributed by atoms with Gasteiger partial charge in [-0.2, -0.15) is 0 Å². The Morgan fingerprint density at radius 1 is 0.478 bits per heavy atom. The van der Waals surface area contributed by atoms with Gasteiger partial charge in [0.15, 0.2) is 0 Å². The van der Waals surface area contributed by atoms with E-state index >= 15 is 0 Å². The Morgan fingerprint density at radius 3 is 1.73 bits per heavy atom. The Balaban J connectivity index is 1.02. The molecule has 2 atom stereocenters. The largest absolute Gasteiger partial charge is 0.375 e. The zero-order valence-electron chi connectivity index (χ0n) is 39.6. The minimum absolute atomic E-state index is 0.0276. The Labute approximate surface area is 397 Å². The average Bonchev–Trinajstić information content (AvgIpc) is 3.66. The molecule has 6 aliphatic carbocycles. The molecule has 0 saturated heterocycles. The van der Waals surface area contributed by atoms with E-state index in [1.54, 1.807) is 11.1 Å². The Kier molecular flexibility index (Phi) is 8.27. The van der Waals surface area contributed by atoms with Crippen LogP contribution in [0.1, 0.15) is 101 Å². The van der Waals surface area contributed by atoms with Crippen LogP contribution in [0.5, 0.6) is 0 Å². The molecule has 2 aliphatic heterocycles. The van der Waals surface area contributed by atoms with Gasteiger partial charge in [0.2, 0.25) is 0 Å². The molecule has 16 rings (SSSR count). The van der Waals surface area contributed by atoms with Gasteiger partial charge < -0.3 is 9.38 Å². The highest BCUT2D eigenvalue weighted by molar-refractivity contribution is 6.90. The summed E-state index contributed by atoms with van der Waals surface area (Å²) in [7, 11) is 0. The van der Waals surface area contributed by atoms with Crippen LogP contribution in [0, 0.1) is 42.4 Å². The van der Waals surface area contributed by atoms with Crippen molar-refractivity contribution in [3.05, 3.63) is 162 Å². The van der Waals surface area contributed by atoms with E-state index in [0.717, 1.165) is 35.5 Å². The Morgan fingerprint density at radius 2 is 1.06 bits per heavy atom. The van der Waals surface area contributed by atoms with Crippen molar-refractivity contribution in [2.24, 2.45) is 35.5 Å². The third-order valence-electron chi connectivity index (χ3n) is 19.1. The van der Waals surface area contributed by atoms with Gasteiger partial charge in [0.25, 0.3) is 0 Å². The van der Waals surface area contributed by atoms with Gasteiger partial charge in [-0.25, -0.2) is 0 Å². The van der Waals surface area contributed by atoms with Crippen molar-refractivity contribution in [3.63, 3.8) is 0 Å². The summed E-state index contributed by atoms with van der Waals surface area (Å²) in [4.78, 5) is 2.61. The predicted octanol–water partition coefficient (Wildman–Crippen LogP) is 15.4. The first-order chi connectivity index (χ1) is 32.8. The molecule has 3 heterocycles. The Hall–Kier alpha value is -5.80. The van der Waals surface area contributed by atoms with Crippen LogP contribution in [0.3, 0.4) is 0 Å². The summed E-state index contributed by atoms with van der Waals surface area (Å²) < 4.78 is 2.85. The molecule has 2 nitrogen and oxygen atoms in total. The van der Waals surface area contributed by atoms with E-state index in [2.05, 4.69) is 176 Å². The highest BCUT2D eigenvalue weighted by Crippen LogP contribution is 2.62. The van der Waals surface area contributed by atoms with Crippen molar-refractivity contribution in [1.29, 1.82) is 0 Å². The zero-order valence-corrected chi connectivity index (χ0v) is 39.6. The maximum Gasteiger partial charge on any atom is 0.333 e. The molecule has 6 saturated carbocycles. The minimum atomic E-state index is 0.0276. The molecule has 1 aromatic heterocycles. The minimum Gasteiger partial charge on any atom is -0.375 e. The number of hydrogen-bond donors (Lipinski definition) is 0. The first-order valence-corrected chi connectivity index (χ1v) is 26.2. The van der Waals surface area contributed by atoms with Crippen LogP contribution in [0.25, 0.3) is 55.2 Å². The van der Waals surface area contributed by atoms with E-state index in [4.69, 9.17) is 0 Å². The molecule has 2 unspecified atom stereocenters. The summed E-state index contributed by atoms with van der Waals surface area (Å²) in [5.74, 6) is 5.11. The van der Waals surface area contributed by atoms with E-state index in [1.165, 1.54) is 159 Å². The van der Waals surface area contributed by atoms with E-state index in [1.807, 2.05) is 0 Å². The third kappa shape index (κ3) is 5.76. The van der Waals surface area contributed by atoms with Crippen molar-refractivity contribution >= 4 is 56.6 Å². The SMILES string of the molecule is Cc1cc2c3c(c1)N(c1ccc(-c4ccccc4)cc1)c1ccc(-c4ccccc4)cc1B3n1c3ccc(C45CC6CC(CC(C6)C4)C5)cc3c3cc(C45CC(C)CC(CC(C)C4)C5)cc-2c31. The van der Waals surface area contributed by atoms with Gasteiger partial charge in [-0.05, 0) is 228 Å². The number of benzene rings is 7. The van der Waals surface area contributed by atoms with Crippen LogP contribution in [0.15, 0.2) is 146 Å². The molecule has 0 spiro atoms. The van der Waals surface area contributed by atoms with Gasteiger partial charge in [0, 0.05) is 44.4 Å². The normalized spacial score (nSPS) is 28.5. The predicted molar refractivity (Wildman–Crippen MR) is 282 cm³/mol. The summed E-state index contributed by atoms with van der Waals surface area (Å²) in [5.41, 5.74) is 22.6. The van der Waals surface area contributed by atoms with Gasteiger partial charge >= 0.3 is 6.85 Å². The first kappa shape index (κ1) is 39.2. The molecule has 8 aliphatic rings. The monoisotopic (exact) mass is 868 g/mol. The van der Waals surface area contributed by atoms with Crippen molar-refractivity contribution in [3.8, 4) is 33.4 Å². The summed E-state index contributed by atoms with van der Waals surface area (Å²) in [6.07, 6.45) is 15.4. The lowest BCUT2D eigenvalue weighted by molar-refractivity contribution is -0.00512. The number of anilines is 3. The molecular formula is C64H61BN2. The molecule has 6 fully saturated rings. The summed E-state index contributed by atoms with van der Waals surface area (Å²) >= 11 is 0. The second-order valence-corrected chi connectivity index (χ2v) is 23.7. The van der Waals surface area contributed by atoms with E-state index in [9.17, 15) is 0 Å². The standard InChI is InChI=1S/C64H61BN2/c1-39-24-54-56-32-51(63-33-40(2)22-42(35-63)23-41(3)34-63)31-55-53-30-50(64-36-43-26-44(37-64)28-45(27-43)38-64)17-21-58(53)67(62(55)56)65-57-29-49(47-12-8-5-9-13-47)16-20-59(57)66(60(25-39)61(54)65)52-18-14-48(15-19-52)46-10-6-4-7-11-46/h4-21,24-25,29-32,40-45H,22-23,26-28,33-38H2,1-3H3. The smallest absolute Gasteiger partial charge is 0.333 e. The fourth-order valence-electron chi connectivity index (χ4n) is 17.3. The fraction of sp³-hybridized carbons (Fsp3) is 0.344. The highest BCUT2D eigenvalue weighted by atomic mass is 15.2. The molecule has 0 radical (unpaired) electrons. The molecule has 330 valence electrons. The molecule has 67 heavy (non-hydrogen) atoms. The molecule has 3 heteroatoms. The summed E-state index contributed by atoms with van der Waals surface area (Å²) in [5, 5.41) is 3.00. The van der Waals surface area contributed by atoms with Crippen LogP contribution in [-0.4, -0.2) is 11.3 Å². The topological polar surface area (TPSA) is 8.17 Å². The zero-order chi connectivity index (χ0) is 44.3. The van der Waals surface area contributed by atoms with Crippen molar-refractivity contribution in [2.45, 2.75) is 102 Å². The van der Waals surface area contributed by atoms with Gasteiger partial charge in [-0.1, -0.05) is 111 Å². The lowest BCUT2D eigenvalue weighted by atomic mass is 9.44. The summed E-state index contributed by atoms with van der Waals surface area (Å²) in [6.45, 7) is 7.49. The highest BCUT2D eigenvalue weighted by Gasteiger charge is 2.52. The second-order valence-electron chi connectivity index (χ2n) is 23.7. The number of aromatic nitrogens is 1. The third-order valence-corrected chi connectivity index (χ3v) is 19.1. The number of fused-ring (bicyclic) bond motifs is 9. The molecule has 0 amide bonds. The quantitative estimate of drug-likeness (QED) is 0.156. The van der Waals surface area contributed by atoms with Gasteiger partial charge in [-0.15, -0.1) is 0 Å². The fourth-order valence-corrected chi connectivity index (χ4v) is 17.3. The van der Waals surface area contributed by atoms with Gasteiger partial charge in [0.1, 0.15) is 0 Å². The number of aryl methyl sites for hydroxylation is 1. The molecule has 7 aromatic carbocycles. The Bertz CT molecular complexity index is 3270. The summed E-state index contributed by atoms with van der Waals surface area (Å²) in [6, 6.07) is 57.3. The maximum absolute atomic E-state index is 2.85. The van der Waals surface area contributed by atoms with Gasteiger partial charge in [-0.3, -0.25) is 0 Å². The van der Waals surface area contributed by atoms with Gasteiger partial charge in [0.05, 0.1) is 0 Å². The van der Waals surface area contributed by atoms with Crippen LogP contribution in [0.4, 0.5) is 17.1 Å². The van der Waals surface area contributed by atoms with Crippen LogP contribution >= 0.6 is 0 Å². The molecule has 6 bridgehead atoms. The lowest BCUT2D eigenvalue weighted by Crippen LogP contribution is -2.56.